The number of methoxy groups -OCH3 is 1. The van der Waals surface area contributed by atoms with E-state index in [-0.39, 0.29) is 16.7 Å². The first-order valence-corrected chi connectivity index (χ1v) is 6.50. The van der Waals surface area contributed by atoms with Gasteiger partial charge in [0.1, 0.15) is 6.33 Å². The van der Waals surface area contributed by atoms with Crippen molar-refractivity contribution >= 4 is 23.1 Å². The second-order valence-electron chi connectivity index (χ2n) is 3.86. The van der Waals surface area contributed by atoms with E-state index in [4.69, 9.17) is 21.1 Å². The van der Waals surface area contributed by atoms with Crippen LogP contribution < -0.4 is 5.32 Å². The fourth-order valence-electron chi connectivity index (χ4n) is 1.43. The van der Waals surface area contributed by atoms with Gasteiger partial charge in [0.05, 0.1) is 18.1 Å². The predicted molar refractivity (Wildman–Crippen MR) is 74.1 cm³/mol. The number of halogens is 1. The van der Waals surface area contributed by atoms with Crippen molar-refractivity contribution in [2.75, 3.05) is 38.8 Å². The zero-order chi connectivity index (χ0) is 14.8. The van der Waals surface area contributed by atoms with E-state index in [1.807, 2.05) is 0 Å². The smallest absolute Gasteiger partial charge is 0.348 e. The average molecular weight is 305 g/mol. The number of aromatic nitrogens is 2. The summed E-state index contributed by atoms with van der Waals surface area (Å²) in [5, 5.41) is 13.6. The number of hydrogen-bond donors (Lipinski definition) is 1. The van der Waals surface area contributed by atoms with Gasteiger partial charge >= 0.3 is 5.69 Å². The zero-order valence-corrected chi connectivity index (χ0v) is 11.9. The highest BCUT2D eigenvalue weighted by molar-refractivity contribution is 6.31. The quantitative estimate of drug-likeness (QED) is 0.305. The lowest BCUT2D eigenvalue weighted by molar-refractivity contribution is -0.384. The van der Waals surface area contributed by atoms with Crippen LogP contribution in [0.5, 0.6) is 0 Å². The summed E-state index contributed by atoms with van der Waals surface area (Å²) in [5.74, 6) is 0.135. The Kier molecular flexibility index (Phi) is 7.78. The van der Waals surface area contributed by atoms with Crippen LogP contribution in [0.3, 0.4) is 0 Å². The number of unbranched alkanes of at least 4 members (excludes halogenated alkanes) is 1. The number of hydrogen-bond acceptors (Lipinski definition) is 7. The van der Waals surface area contributed by atoms with E-state index in [0.29, 0.717) is 26.4 Å². The molecule has 0 fully saturated rings. The molecule has 0 aliphatic heterocycles. The lowest BCUT2D eigenvalue weighted by atomic mass is 10.3. The number of ether oxygens (including phenoxy) is 2. The summed E-state index contributed by atoms with van der Waals surface area (Å²) < 4.78 is 10.1. The highest BCUT2D eigenvalue weighted by atomic mass is 35.5. The fraction of sp³-hybridized carbons (Fsp3) is 0.636. The molecule has 0 aromatic carbocycles. The molecule has 0 saturated heterocycles. The van der Waals surface area contributed by atoms with Crippen LogP contribution in [0.4, 0.5) is 11.5 Å². The lowest BCUT2D eigenvalue weighted by Gasteiger charge is -2.06. The van der Waals surface area contributed by atoms with Crippen LogP contribution in [0.25, 0.3) is 0 Å². The monoisotopic (exact) mass is 304 g/mol. The number of anilines is 1. The van der Waals surface area contributed by atoms with E-state index in [1.54, 1.807) is 7.11 Å². The van der Waals surface area contributed by atoms with E-state index in [2.05, 4.69) is 15.3 Å². The van der Waals surface area contributed by atoms with Gasteiger partial charge in [0, 0.05) is 20.3 Å². The topological polar surface area (TPSA) is 99.4 Å². The molecule has 0 bridgehead atoms. The molecule has 112 valence electrons. The Morgan fingerprint density at radius 1 is 1.35 bits per heavy atom. The van der Waals surface area contributed by atoms with Gasteiger partial charge in [-0.25, -0.2) is 9.97 Å². The van der Waals surface area contributed by atoms with Gasteiger partial charge in [0.15, 0.2) is 0 Å². The van der Waals surface area contributed by atoms with Crippen LogP contribution in [0.1, 0.15) is 12.8 Å². The number of nitrogens with one attached hydrogen (secondary N) is 1. The Labute approximate surface area is 121 Å². The summed E-state index contributed by atoms with van der Waals surface area (Å²) in [6.45, 7) is 2.31. The van der Waals surface area contributed by atoms with Crippen molar-refractivity contribution in [3.8, 4) is 0 Å². The summed E-state index contributed by atoms with van der Waals surface area (Å²) in [5.41, 5.74) is -0.300. The molecule has 0 saturated carbocycles. The minimum atomic E-state index is -0.599. The molecule has 9 heteroatoms. The van der Waals surface area contributed by atoms with Crippen LogP contribution >= 0.6 is 11.6 Å². The minimum Gasteiger partial charge on any atom is -0.382 e. The molecule has 1 aromatic rings. The molecule has 0 unspecified atom stereocenters. The van der Waals surface area contributed by atoms with Crippen molar-refractivity contribution in [3.05, 3.63) is 21.6 Å². The Bertz CT molecular complexity index is 433. The van der Waals surface area contributed by atoms with Crippen LogP contribution in [0.15, 0.2) is 6.33 Å². The SMILES string of the molecule is COCCOCCCCNc1ncnc(Cl)c1[N+](=O)[O-]. The first-order chi connectivity index (χ1) is 9.66. The second kappa shape index (κ2) is 9.40. The van der Waals surface area contributed by atoms with Gasteiger partial charge in [-0.1, -0.05) is 11.6 Å². The van der Waals surface area contributed by atoms with Gasteiger partial charge in [-0.05, 0) is 12.8 Å². The average Bonchev–Trinajstić information content (AvgIpc) is 2.41. The standard InChI is InChI=1S/C11H17ClN4O4/c1-19-6-7-20-5-3-2-4-13-11-9(16(17)18)10(12)14-8-15-11/h8H,2-7H2,1H3,(H,13,14,15). The zero-order valence-electron chi connectivity index (χ0n) is 11.2. The maximum absolute atomic E-state index is 10.8. The van der Waals surface area contributed by atoms with E-state index in [0.717, 1.165) is 12.8 Å². The highest BCUT2D eigenvalue weighted by Crippen LogP contribution is 2.28. The summed E-state index contributed by atoms with van der Waals surface area (Å²) >= 11 is 5.67. The molecule has 1 N–H and O–H groups in total. The Morgan fingerprint density at radius 3 is 2.85 bits per heavy atom. The van der Waals surface area contributed by atoms with Crippen LogP contribution in [0.2, 0.25) is 5.15 Å². The third kappa shape index (κ3) is 5.64. The molecule has 0 radical (unpaired) electrons. The summed E-state index contributed by atoms with van der Waals surface area (Å²) in [7, 11) is 1.62. The van der Waals surface area contributed by atoms with Gasteiger partial charge in [-0.3, -0.25) is 10.1 Å². The van der Waals surface area contributed by atoms with Crippen molar-refractivity contribution in [2.45, 2.75) is 12.8 Å². The molecule has 0 spiro atoms. The summed E-state index contributed by atoms with van der Waals surface area (Å²) in [6.07, 6.45) is 2.82. The van der Waals surface area contributed by atoms with Crippen LogP contribution in [-0.4, -0.2) is 48.4 Å². The van der Waals surface area contributed by atoms with Gasteiger partial charge in [0.25, 0.3) is 0 Å². The number of nitro groups is 1. The van der Waals surface area contributed by atoms with Crippen molar-refractivity contribution in [1.29, 1.82) is 0 Å². The van der Waals surface area contributed by atoms with Gasteiger partial charge in [-0.2, -0.15) is 0 Å². The van der Waals surface area contributed by atoms with Crippen molar-refractivity contribution in [1.82, 2.24) is 9.97 Å². The molecule has 0 amide bonds. The van der Waals surface area contributed by atoms with E-state index < -0.39 is 4.92 Å². The number of rotatable bonds is 10. The van der Waals surface area contributed by atoms with Gasteiger partial charge < -0.3 is 14.8 Å². The Balaban J connectivity index is 2.29. The number of nitrogens with zero attached hydrogens (tertiary/aromatic N) is 3. The van der Waals surface area contributed by atoms with E-state index in [1.165, 1.54) is 6.33 Å². The normalized spacial score (nSPS) is 10.5. The minimum absolute atomic E-state index is 0.135. The molecule has 1 aromatic heterocycles. The lowest BCUT2D eigenvalue weighted by Crippen LogP contribution is -2.09. The van der Waals surface area contributed by atoms with Gasteiger partial charge in [-0.15, -0.1) is 0 Å². The molecular formula is C11H17ClN4O4. The molecule has 20 heavy (non-hydrogen) atoms. The Morgan fingerprint density at radius 2 is 2.15 bits per heavy atom. The fourth-order valence-corrected chi connectivity index (χ4v) is 1.63. The molecule has 1 heterocycles. The largest absolute Gasteiger partial charge is 0.382 e. The molecule has 0 atom stereocenters. The molecule has 0 aliphatic carbocycles. The van der Waals surface area contributed by atoms with E-state index >= 15 is 0 Å². The van der Waals surface area contributed by atoms with Gasteiger partial charge in [0.2, 0.25) is 11.0 Å². The maximum Gasteiger partial charge on any atom is 0.348 e. The third-order valence-electron chi connectivity index (χ3n) is 2.40. The third-order valence-corrected chi connectivity index (χ3v) is 2.68. The molecule has 1 rings (SSSR count). The van der Waals surface area contributed by atoms with Crippen molar-refractivity contribution in [2.24, 2.45) is 0 Å². The molecule has 0 aliphatic rings. The maximum atomic E-state index is 10.8. The molecular weight excluding hydrogens is 288 g/mol. The highest BCUT2D eigenvalue weighted by Gasteiger charge is 2.20. The second-order valence-corrected chi connectivity index (χ2v) is 4.22. The van der Waals surface area contributed by atoms with Crippen LogP contribution in [0, 0.1) is 10.1 Å². The molecule has 8 nitrogen and oxygen atoms in total. The van der Waals surface area contributed by atoms with E-state index in [9.17, 15) is 10.1 Å². The Hall–Kier alpha value is -1.51. The summed E-state index contributed by atoms with van der Waals surface area (Å²) in [4.78, 5) is 17.7. The first-order valence-electron chi connectivity index (χ1n) is 6.12. The van der Waals surface area contributed by atoms with Crippen LogP contribution in [-0.2, 0) is 9.47 Å². The summed E-state index contributed by atoms with van der Waals surface area (Å²) in [6, 6.07) is 0. The predicted octanol–water partition coefficient (Wildman–Crippen LogP) is 1.89. The first kappa shape index (κ1) is 16.5. The van der Waals surface area contributed by atoms with Crippen molar-refractivity contribution < 1.29 is 14.4 Å². The van der Waals surface area contributed by atoms with Crippen molar-refractivity contribution in [3.63, 3.8) is 0 Å².